The normalized spacial score (nSPS) is 10.0. The van der Waals surface area contributed by atoms with Crippen LogP contribution in [0, 0.1) is 5.82 Å². The van der Waals surface area contributed by atoms with Gasteiger partial charge in [0, 0.05) is 25.1 Å². The number of anilines is 1. The SMILES string of the molecule is CN(C)c1cc(F)ccc1CBr. The van der Waals surface area contributed by atoms with Crippen LogP contribution in [0.3, 0.4) is 0 Å². The minimum Gasteiger partial charge on any atom is -0.377 e. The van der Waals surface area contributed by atoms with Gasteiger partial charge in [0.05, 0.1) is 0 Å². The van der Waals surface area contributed by atoms with Crippen LogP contribution in [-0.4, -0.2) is 14.1 Å². The third-order valence-corrected chi connectivity index (χ3v) is 2.28. The average molecular weight is 232 g/mol. The van der Waals surface area contributed by atoms with E-state index in [1.54, 1.807) is 6.07 Å². The van der Waals surface area contributed by atoms with Crippen LogP contribution in [0.4, 0.5) is 10.1 Å². The van der Waals surface area contributed by atoms with Crippen LogP contribution in [0.25, 0.3) is 0 Å². The number of hydrogen-bond donors (Lipinski definition) is 0. The number of hydrogen-bond acceptors (Lipinski definition) is 1. The topological polar surface area (TPSA) is 3.24 Å². The molecule has 12 heavy (non-hydrogen) atoms. The molecule has 1 nitrogen and oxygen atoms in total. The molecule has 3 heteroatoms. The van der Waals surface area contributed by atoms with Crippen LogP contribution in [0.2, 0.25) is 0 Å². The highest BCUT2D eigenvalue weighted by Crippen LogP contribution is 2.21. The van der Waals surface area contributed by atoms with Crippen LogP contribution < -0.4 is 4.90 Å². The van der Waals surface area contributed by atoms with Crippen LogP contribution in [0.5, 0.6) is 0 Å². The summed E-state index contributed by atoms with van der Waals surface area (Å²) in [5, 5.41) is 0.751. The Bertz CT molecular complexity index is 273. The summed E-state index contributed by atoms with van der Waals surface area (Å²) in [4.78, 5) is 1.90. The first-order valence-electron chi connectivity index (χ1n) is 3.67. The fourth-order valence-electron chi connectivity index (χ4n) is 1.07. The molecule has 0 saturated heterocycles. The van der Waals surface area contributed by atoms with E-state index in [0.717, 1.165) is 16.6 Å². The van der Waals surface area contributed by atoms with E-state index in [-0.39, 0.29) is 5.82 Å². The maximum Gasteiger partial charge on any atom is 0.125 e. The molecule has 0 fully saturated rings. The first-order valence-corrected chi connectivity index (χ1v) is 4.79. The fourth-order valence-corrected chi connectivity index (χ4v) is 1.54. The monoisotopic (exact) mass is 231 g/mol. The van der Waals surface area contributed by atoms with Gasteiger partial charge in [-0.05, 0) is 17.7 Å². The summed E-state index contributed by atoms with van der Waals surface area (Å²) >= 11 is 3.35. The summed E-state index contributed by atoms with van der Waals surface area (Å²) < 4.78 is 12.8. The molecule has 1 aromatic carbocycles. The van der Waals surface area contributed by atoms with Gasteiger partial charge in [-0.2, -0.15) is 0 Å². The Hall–Kier alpha value is -0.570. The molecule has 0 aliphatic carbocycles. The Kier molecular flexibility index (Phi) is 3.09. The van der Waals surface area contributed by atoms with E-state index in [0.29, 0.717) is 0 Å². The van der Waals surface area contributed by atoms with Gasteiger partial charge in [-0.3, -0.25) is 0 Å². The standard InChI is InChI=1S/C9H11BrFN/c1-12(2)9-5-8(11)4-3-7(9)6-10/h3-5H,6H2,1-2H3. The highest BCUT2D eigenvalue weighted by molar-refractivity contribution is 9.08. The van der Waals surface area contributed by atoms with Gasteiger partial charge in [-0.15, -0.1) is 0 Å². The number of benzene rings is 1. The molecule has 66 valence electrons. The maximum absolute atomic E-state index is 12.8. The van der Waals surface area contributed by atoms with Crippen molar-refractivity contribution in [2.75, 3.05) is 19.0 Å². The molecule has 0 aromatic heterocycles. The molecule has 0 atom stereocenters. The van der Waals surface area contributed by atoms with E-state index in [4.69, 9.17) is 0 Å². The number of alkyl halides is 1. The van der Waals surface area contributed by atoms with Gasteiger partial charge in [0.1, 0.15) is 5.82 Å². The molecule has 0 saturated carbocycles. The fraction of sp³-hybridized carbons (Fsp3) is 0.333. The maximum atomic E-state index is 12.8. The van der Waals surface area contributed by atoms with Gasteiger partial charge in [0.2, 0.25) is 0 Å². The molecular formula is C9H11BrFN. The lowest BCUT2D eigenvalue weighted by Crippen LogP contribution is -2.11. The summed E-state index contributed by atoms with van der Waals surface area (Å²) in [7, 11) is 3.81. The third kappa shape index (κ3) is 1.97. The zero-order valence-corrected chi connectivity index (χ0v) is 8.73. The Labute approximate surface area is 80.3 Å². The van der Waals surface area contributed by atoms with E-state index in [2.05, 4.69) is 15.9 Å². The van der Waals surface area contributed by atoms with Crippen molar-refractivity contribution in [2.45, 2.75) is 5.33 Å². The molecule has 0 aliphatic rings. The molecular weight excluding hydrogens is 221 g/mol. The first kappa shape index (κ1) is 9.52. The zero-order chi connectivity index (χ0) is 9.14. The lowest BCUT2D eigenvalue weighted by atomic mass is 10.2. The van der Waals surface area contributed by atoms with Crippen LogP contribution >= 0.6 is 15.9 Å². The van der Waals surface area contributed by atoms with E-state index in [1.807, 2.05) is 19.0 Å². The molecule has 0 aliphatic heterocycles. The van der Waals surface area contributed by atoms with E-state index in [1.165, 1.54) is 12.1 Å². The second kappa shape index (κ2) is 3.90. The molecule has 1 rings (SSSR count). The lowest BCUT2D eigenvalue weighted by molar-refractivity contribution is 0.627. The molecule has 0 bridgehead atoms. The molecule has 0 heterocycles. The smallest absolute Gasteiger partial charge is 0.125 e. The number of nitrogens with zero attached hydrogens (tertiary/aromatic N) is 1. The summed E-state index contributed by atoms with van der Waals surface area (Å²) in [6, 6.07) is 4.81. The van der Waals surface area contributed by atoms with Gasteiger partial charge < -0.3 is 4.90 Å². The zero-order valence-electron chi connectivity index (χ0n) is 7.14. The van der Waals surface area contributed by atoms with Gasteiger partial charge >= 0.3 is 0 Å². The summed E-state index contributed by atoms with van der Waals surface area (Å²) in [6.45, 7) is 0. The summed E-state index contributed by atoms with van der Waals surface area (Å²) in [6.07, 6.45) is 0. The molecule has 1 aromatic rings. The van der Waals surface area contributed by atoms with Crippen LogP contribution in [0.1, 0.15) is 5.56 Å². The molecule has 0 N–H and O–H groups in total. The van der Waals surface area contributed by atoms with Crippen molar-refractivity contribution in [3.8, 4) is 0 Å². The van der Waals surface area contributed by atoms with E-state index >= 15 is 0 Å². The van der Waals surface area contributed by atoms with Crippen molar-refractivity contribution in [1.29, 1.82) is 0 Å². The lowest BCUT2D eigenvalue weighted by Gasteiger charge is -2.15. The Balaban J connectivity index is 3.12. The Morgan fingerprint density at radius 2 is 2.08 bits per heavy atom. The Morgan fingerprint density at radius 3 is 2.58 bits per heavy atom. The highest BCUT2D eigenvalue weighted by atomic mass is 79.9. The van der Waals surface area contributed by atoms with Crippen molar-refractivity contribution in [3.63, 3.8) is 0 Å². The quantitative estimate of drug-likeness (QED) is 0.708. The van der Waals surface area contributed by atoms with Gasteiger partial charge in [-0.25, -0.2) is 4.39 Å². The van der Waals surface area contributed by atoms with Crippen LogP contribution in [0.15, 0.2) is 18.2 Å². The molecule has 0 spiro atoms. The average Bonchev–Trinajstić information content (AvgIpc) is 2.04. The molecule has 0 radical (unpaired) electrons. The van der Waals surface area contributed by atoms with Crippen LogP contribution in [-0.2, 0) is 5.33 Å². The third-order valence-electron chi connectivity index (χ3n) is 1.67. The highest BCUT2D eigenvalue weighted by Gasteiger charge is 2.03. The molecule has 0 unspecified atom stereocenters. The summed E-state index contributed by atoms with van der Waals surface area (Å²) in [5.74, 6) is -0.191. The minimum atomic E-state index is -0.191. The van der Waals surface area contributed by atoms with Crippen molar-refractivity contribution in [2.24, 2.45) is 0 Å². The summed E-state index contributed by atoms with van der Waals surface area (Å²) in [5.41, 5.74) is 2.02. The van der Waals surface area contributed by atoms with Crippen molar-refractivity contribution in [1.82, 2.24) is 0 Å². The van der Waals surface area contributed by atoms with Crippen molar-refractivity contribution < 1.29 is 4.39 Å². The van der Waals surface area contributed by atoms with Crippen molar-refractivity contribution >= 4 is 21.6 Å². The van der Waals surface area contributed by atoms with Gasteiger partial charge in [0.25, 0.3) is 0 Å². The molecule has 0 amide bonds. The van der Waals surface area contributed by atoms with Crippen molar-refractivity contribution in [3.05, 3.63) is 29.6 Å². The van der Waals surface area contributed by atoms with Gasteiger partial charge in [0.15, 0.2) is 0 Å². The Morgan fingerprint density at radius 1 is 1.42 bits per heavy atom. The second-order valence-corrected chi connectivity index (χ2v) is 3.36. The predicted molar refractivity (Wildman–Crippen MR) is 53.4 cm³/mol. The predicted octanol–water partition coefficient (Wildman–Crippen LogP) is 2.79. The second-order valence-electron chi connectivity index (χ2n) is 2.80. The van der Waals surface area contributed by atoms with E-state index < -0.39 is 0 Å². The number of halogens is 2. The van der Waals surface area contributed by atoms with E-state index in [9.17, 15) is 4.39 Å². The number of rotatable bonds is 2. The minimum absolute atomic E-state index is 0.191. The first-order chi connectivity index (χ1) is 5.65. The largest absolute Gasteiger partial charge is 0.377 e. The van der Waals surface area contributed by atoms with Gasteiger partial charge in [-0.1, -0.05) is 22.0 Å².